The first-order valence-electron chi connectivity index (χ1n) is 4.85. The monoisotopic (exact) mass is 271 g/mol. The van der Waals surface area contributed by atoms with Crippen molar-refractivity contribution in [3.63, 3.8) is 0 Å². The van der Waals surface area contributed by atoms with Gasteiger partial charge in [0.25, 0.3) is 0 Å². The molecule has 0 atom stereocenters. The van der Waals surface area contributed by atoms with Gasteiger partial charge in [0.05, 0.1) is 13.0 Å². The van der Waals surface area contributed by atoms with E-state index >= 15 is 0 Å². The molecule has 0 unspecified atom stereocenters. The SMILES string of the molecule is CCOCCC(=O)Nc1cccc(Br)c1. The van der Waals surface area contributed by atoms with Crippen molar-refractivity contribution in [2.75, 3.05) is 18.5 Å². The number of anilines is 1. The van der Waals surface area contributed by atoms with Gasteiger partial charge in [0.1, 0.15) is 0 Å². The minimum Gasteiger partial charge on any atom is -0.381 e. The highest BCUT2D eigenvalue weighted by molar-refractivity contribution is 9.10. The zero-order valence-electron chi connectivity index (χ0n) is 8.63. The van der Waals surface area contributed by atoms with Gasteiger partial charge in [-0.15, -0.1) is 0 Å². The molecule has 4 heteroatoms. The molecule has 0 heterocycles. The van der Waals surface area contributed by atoms with E-state index in [0.717, 1.165) is 10.2 Å². The van der Waals surface area contributed by atoms with E-state index in [2.05, 4.69) is 21.2 Å². The molecule has 0 aromatic heterocycles. The predicted molar refractivity (Wildman–Crippen MR) is 63.9 cm³/mol. The van der Waals surface area contributed by atoms with Crippen LogP contribution in [-0.4, -0.2) is 19.1 Å². The number of rotatable bonds is 5. The summed E-state index contributed by atoms with van der Waals surface area (Å²) < 4.78 is 6.04. The van der Waals surface area contributed by atoms with Gasteiger partial charge in [-0.25, -0.2) is 0 Å². The molecule has 82 valence electrons. The van der Waals surface area contributed by atoms with Crippen LogP contribution >= 0.6 is 15.9 Å². The van der Waals surface area contributed by atoms with Crippen molar-refractivity contribution >= 4 is 27.5 Å². The number of carbonyl (C=O) groups is 1. The maximum atomic E-state index is 11.4. The van der Waals surface area contributed by atoms with Crippen molar-refractivity contribution in [1.29, 1.82) is 0 Å². The Hall–Kier alpha value is -0.870. The average molecular weight is 272 g/mol. The van der Waals surface area contributed by atoms with Gasteiger partial charge in [-0.1, -0.05) is 22.0 Å². The van der Waals surface area contributed by atoms with Gasteiger partial charge < -0.3 is 10.1 Å². The highest BCUT2D eigenvalue weighted by atomic mass is 79.9. The standard InChI is InChI=1S/C11H14BrNO2/c1-2-15-7-6-11(14)13-10-5-3-4-9(12)8-10/h3-5,8H,2,6-7H2,1H3,(H,13,14). The van der Waals surface area contributed by atoms with Crippen molar-refractivity contribution in [3.8, 4) is 0 Å². The quantitative estimate of drug-likeness (QED) is 0.837. The highest BCUT2D eigenvalue weighted by Crippen LogP contribution is 2.15. The summed E-state index contributed by atoms with van der Waals surface area (Å²) in [6.45, 7) is 3.02. The molecule has 0 fully saturated rings. The van der Waals surface area contributed by atoms with Crippen LogP contribution in [0.15, 0.2) is 28.7 Å². The molecule has 15 heavy (non-hydrogen) atoms. The number of carbonyl (C=O) groups excluding carboxylic acids is 1. The van der Waals surface area contributed by atoms with Crippen LogP contribution in [0.25, 0.3) is 0 Å². The molecule has 0 aliphatic heterocycles. The van der Waals surface area contributed by atoms with Gasteiger partial charge >= 0.3 is 0 Å². The van der Waals surface area contributed by atoms with E-state index in [9.17, 15) is 4.79 Å². The molecule has 1 amide bonds. The van der Waals surface area contributed by atoms with Gasteiger partial charge in [-0.2, -0.15) is 0 Å². The molecule has 1 aromatic rings. The molecule has 0 aliphatic carbocycles. The fraction of sp³-hybridized carbons (Fsp3) is 0.364. The van der Waals surface area contributed by atoms with Gasteiger partial charge in [0.15, 0.2) is 0 Å². The van der Waals surface area contributed by atoms with Crippen molar-refractivity contribution in [2.24, 2.45) is 0 Å². The van der Waals surface area contributed by atoms with Gasteiger partial charge in [0.2, 0.25) is 5.91 Å². The van der Waals surface area contributed by atoms with E-state index in [-0.39, 0.29) is 5.91 Å². The molecule has 0 saturated heterocycles. The van der Waals surface area contributed by atoms with E-state index in [1.54, 1.807) is 0 Å². The number of benzene rings is 1. The smallest absolute Gasteiger partial charge is 0.226 e. The number of amides is 1. The van der Waals surface area contributed by atoms with E-state index < -0.39 is 0 Å². The Labute approximate surface area is 97.9 Å². The predicted octanol–water partition coefficient (Wildman–Crippen LogP) is 2.81. The molecule has 0 saturated carbocycles. The molecule has 0 bridgehead atoms. The van der Waals surface area contributed by atoms with Crippen molar-refractivity contribution in [3.05, 3.63) is 28.7 Å². The lowest BCUT2D eigenvalue weighted by molar-refractivity contribution is -0.117. The Balaban J connectivity index is 2.37. The second-order valence-corrected chi connectivity index (χ2v) is 3.92. The summed E-state index contributed by atoms with van der Waals surface area (Å²) in [5.74, 6) is -0.0263. The summed E-state index contributed by atoms with van der Waals surface area (Å²) in [4.78, 5) is 11.4. The molecule has 1 rings (SSSR count). The highest BCUT2D eigenvalue weighted by Gasteiger charge is 2.01. The molecule has 0 radical (unpaired) electrons. The number of nitrogens with one attached hydrogen (secondary N) is 1. The van der Waals surface area contributed by atoms with Crippen LogP contribution in [0.4, 0.5) is 5.69 Å². The lowest BCUT2D eigenvalue weighted by Crippen LogP contribution is -2.14. The molecular formula is C11H14BrNO2. The summed E-state index contributed by atoms with van der Waals surface area (Å²) in [7, 11) is 0. The van der Waals surface area contributed by atoms with E-state index in [0.29, 0.717) is 19.6 Å². The fourth-order valence-electron chi connectivity index (χ4n) is 1.10. The van der Waals surface area contributed by atoms with Crippen LogP contribution in [0.2, 0.25) is 0 Å². The molecule has 3 nitrogen and oxygen atoms in total. The van der Waals surface area contributed by atoms with Crippen molar-refractivity contribution in [2.45, 2.75) is 13.3 Å². The normalized spacial score (nSPS) is 10.0. The third kappa shape index (κ3) is 4.95. The Kier molecular flexibility index (Phi) is 5.36. The van der Waals surface area contributed by atoms with Gasteiger partial charge in [-0.05, 0) is 25.1 Å². The third-order valence-electron chi connectivity index (χ3n) is 1.79. The zero-order chi connectivity index (χ0) is 11.1. The largest absolute Gasteiger partial charge is 0.381 e. The summed E-state index contributed by atoms with van der Waals surface area (Å²) >= 11 is 3.34. The van der Waals surface area contributed by atoms with Gasteiger partial charge in [-0.3, -0.25) is 4.79 Å². The Morgan fingerprint density at radius 2 is 2.33 bits per heavy atom. The maximum absolute atomic E-state index is 11.4. The lowest BCUT2D eigenvalue weighted by Gasteiger charge is -2.05. The minimum atomic E-state index is -0.0263. The van der Waals surface area contributed by atoms with E-state index in [1.807, 2.05) is 31.2 Å². The summed E-state index contributed by atoms with van der Waals surface area (Å²) in [5.41, 5.74) is 0.797. The third-order valence-corrected chi connectivity index (χ3v) is 2.28. The van der Waals surface area contributed by atoms with Crippen LogP contribution in [0.3, 0.4) is 0 Å². The molecule has 0 spiro atoms. The van der Waals surface area contributed by atoms with Crippen LogP contribution in [-0.2, 0) is 9.53 Å². The lowest BCUT2D eigenvalue weighted by atomic mass is 10.3. The summed E-state index contributed by atoms with van der Waals surface area (Å²) in [6.07, 6.45) is 0.389. The number of hydrogen-bond donors (Lipinski definition) is 1. The Morgan fingerprint density at radius 3 is 3.00 bits per heavy atom. The number of ether oxygens (including phenoxy) is 1. The van der Waals surface area contributed by atoms with Gasteiger partial charge in [0, 0.05) is 16.8 Å². The zero-order valence-corrected chi connectivity index (χ0v) is 10.2. The van der Waals surface area contributed by atoms with E-state index in [1.165, 1.54) is 0 Å². The number of halogens is 1. The van der Waals surface area contributed by atoms with Crippen LogP contribution in [0, 0.1) is 0 Å². The molecular weight excluding hydrogens is 258 g/mol. The van der Waals surface area contributed by atoms with Crippen LogP contribution < -0.4 is 5.32 Å². The molecule has 1 N–H and O–H groups in total. The topological polar surface area (TPSA) is 38.3 Å². The summed E-state index contributed by atoms with van der Waals surface area (Å²) in [5, 5.41) is 2.79. The second kappa shape index (κ2) is 6.58. The number of hydrogen-bond acceptors (Lipinski definition) is 2. The van der Waals surface area contributed by atoms with E-state index in [4.69, 9.17) is 4.74 Å². The average Bonchev–Trinajstić information content (AvgIpc) is 2.18. The first-order chi connectivity index (χ1) is 7.22. The maximum Gasteiger partial charge on any atom is 0.226 e. The van der Waals surface area contributed by atoms with Crippen LogP contribution in [0.5, 0.6) is 0 Å². The van der Waals surface area contributed by atoms with Crippen molar-refractivity contribution in [1.82, 2.24) is 0 Å². The molecule has 1 aromatic carbocycles. The minimum absolute atomic E-state index is 0.0263. The Bertz CT molecular complexity index is 328. The summed E-state index contributed by atoms with van der Waals surface area (Å²) in [6, 6.07) is 7.50. The first kappa shape index (κ1) is 12.2. The first-order valence-corrected chi connectivity index (χ1v) is 5.65. The van der Waals surface area contributed by atoms with Crippen LogP contribution in [0.1, 0.15) is 13.3 Å². The fourth-order valence-corrected chi connectivity index (χ4v) is 1.50. The second-order valence-electron chi connectivity index (χ2n) is 3.01. The Morgan fingerprint density at radius 1 is 1.53 bits per heavy atom. The molecule has 0 aliphatic rings. The van der Waals surface area contributed by atoms with Crippen molar-refractivity contribution < 1.29 is 9.53 Å².